The van der Waals surface area contributed by atoms with Crippen molar-refractivity contribution in [3.8, 4) is 11.3 Å². The number of aryl methyl sites for hydroxylation is 1. The zero-order valence-corrected chi connectivity index (χ0v) is 18.5. The van der Waals surface area contributed by atoms with Crippen molar-refractivity contribution < 1.29 is 23.9 Å². The maximum Gasteiger partial charge on any atom is 0.338 e. The van der Waals surface area contributed by atoms with Gasteiger partial charge in [0.15, 0.2) is 11.7 Å². The summed E-state index contributed by atoms with van der Waals surface area (Å²) in [6, 6.07) is 13.8. The molecule has 4 rings (SSSR count). The highest BCUT2D eigenvalue weighted by molar-refractivity contribution is 7.14. The highest BCUT2D eigenvalue weighted by Gasteiger charge is 2.24. The molecule has 9 nitrogen and oxygen atoms in total. The Kier molecular flexibility index (Phi) is 6.45. The number of hydrogen-bond acceptors (Lipinski definition) is 7. The first kappa shape index (κ1) is 22.2. The van der Waals surface area contributed by atoms with E-state index in [-0.39, 0.29) is 30.2 Å². The van der Waals surface area contributed by atoms with E-state index < -0.39 is 18.5 Å². The van der Waals surface area contributed by atoms with Crippen molar-refractivity contribution in [1.82, 2.24) is 10.4 Å². The molecule has 33 heavy (non-hydrogen) atoms. The van der Waals surface area contributed by atoms with Gasteiger partial charge in [-0.2, -0.15) is 0 Å². The lowest BCUT2D eigenvalue weighted by Gasteiger charge is -2.27. The molecule has 0 unspecified atom stereocenters. The predicted molar refractivity (Wildman–Crippen MR) is 123 cm³/mol. The standard InChI is InChI=1S/C23H20N4O5S/c1-14-2-4-15(5-3-14)18-13-33-23(24-18)25-20(29)12-32-22(31)16-6-8-17(9-7-16)27-21(30)11-10-19(28)26-27/h2-9,13H,10-12H2,1H3,(H,26,28)(H,24,25,29). The number of nitrogens with one attached hydrogen (secondary N) is 2. The van der Waals surface area contributed by atoms with E-state index >= 15 is 0 Å². The molecule has 0 spiro atoms. The molecular formula is C23H20N4O5S. The third-order valence-corrected chi connectivity index (χ3v) is 5.60. The summed E-state index contributed by atoms with van der Waals surface area (Å²) in [6.07, 6.45) is 0.270. The number of ether oxygens (including phenoxy) is 1. The summed E-state index contributed by atoms with van der Waals surface area (Å²) in [5.74, 6) is -1.69. The fourth-order valence-electron chi connectivity index (χ4n) is 3.09. The van der Waals surface area contributed by atoms with Crippen molar-refractivity contribution in [2.75, 3.05) is 16.9 Å². The maximum absolute atomic E-state index is 12.3. The molecule has 1 fully saturated rings. The number of thiazole rings is 1. The Balaban J connectivity index is 1.30. The van der Waals surface area contributed by atoms with E-state index in [1.165, 1.54) is 35.6 Å². The van der Waals surface area contributed by atoms with Crippen molar-refractivity contribution in [2.24, 2.45) is 0 Å². The zero-order chi connectivity index (χ0) is 23.4. The second-order valence-electron chi connectivity index (χ2n) is 7.34. The fraction of sp³-hybridized carbons (Fsp3) is 0.174. The van der Waals surface area contributed by atoms with Crippen LogP contribution in [0.2, 0.25) is 0 Å². The Morgan fingerprint density at radius 1 is 1.09 bits per heavy atom. The number of carbonyl (C=O) groups excluding carboxylic acids is 4. The maximum atomic E-state index is 12.3. The van der Waals surface area contributed by atoms with E-state index in [1.54, 1.807) is 0 Å². The minimum Gasteiger partial charge on any atom is -0.452 e. The minimum atomic E-state index is -0.690. The Labute approximate surface area is 193 Å². The van der Waals surface area contributed by atoms with E-state index in [0.29, 0.717) is 10.8 Å². The molecule has 1 aromatic heterocycles. The largest absolute Gasteiger partial charge is 0.452 e. The van der Waals surface area contributed by atoms with Gasteiger partial charge in [-0.1, -0.05) is 29.8 Å². The molecule has 2 heterocycles. The summed E-state index contributed by atoms with van der Waals surface area (Å²) in [5, 5.41) is 6.01. The van der Waals surface area contributed by atoms with Gasteiger partial charge in [0.05, 0.1) is 16.9 Å². The van der Waals surface area contributed by atoms with Gasteiger partial charge in [-0.15, -0.1) is 11.3 Å². The zero-order valence-electron chi connectivity index (χ0n) is 17.7. The first-order chi connectivity index (χ1) is 15.9. The summed E-state index contributed by atoms with van der Waals surface area (Å²) in [6.45, 7) is 1.53. The van der Waals surface area contributed by atoms with E-state index in [1.807, 2.05) is 36.6 Å². The molecule has 1 aliphatic heterocycles. The van der Waals surface area contributed by atoms with Gasteiger partial charge in [0.2, 0.25) is 11.8 Å². The lowest BCUT2D eigenvalue weighted by Crippen LogP contribution is -2.50. The van der Waals surface area contributed by atoms with Crippen molar-refractivity contribution in [3.63, 3.8) is 0 Å². The molecule has 0 atom stereocenters. The Hall–Kier alpha value is -4.05. The van der Waals surface area contributed by atoms with E-state index in [0.717, 1.165) is 21.8 Å². The smallest absolute Gasteiger partial charge is 0.338 e. The van der Waals surface area contributed by atoms with Crippen LogP contribution in [-0.2, 0) is 19.1 Å². The molecule has 2 aromatic carbocycles. The van der Waals surface area contributed by atoms with Gasteiger partial charge in [0.1, 0.15) is 0 Å². The molecule has 3 amide bonds. The quantitative estimate of drug-likeness (QED) is 0.542. The average molecular weight is 465 g/mol. The molecule has 0 aliphatic carbocycles. The Morgan fingerprint density at radius 3 is 2.55 bits per heavy atom. The second-order valence-corrected chi connectivity index (χ2v) is 8.20. The normalized spacial score (nSPS) is 13.4. The topological polar surface area (TPSA) is 118 Å². The monoisotopic (exact) mass is 464 g/mol. The van der Waals surface area contributed by atoms with Gasteiger partial charge in [-0.3, -0.25) is 25.1 Å². The van der Waals surface area contributed by atoms with Crippen molar-refractivity contribution >= 4 is 45.8 Å². The number of anilines is 2. The average Bonchev–Trinajstić information content (AvgIpc) is 3.28. The molecule has 0 radical (unpaired) electrons. The molecule has 0 saturated carbocycles. The summed E-state index contributed by atoms with van der Waals surface area (Å²) < 4.78 is 5.07. The van der Waals surface area contributed by atoms with Gasteiger partial charge < -0.3 is 4.74 Å². The van der Waals surface area contributed by atoms with E-state index in [9.17, 15) is 19.2 Å². The highest BCUT2D eigenvalue weighted by atomic mass is 32.1. The molecule has 1 aliphatic rings. The third kappa shape index (κ3) is 5.42. The first-order valence-corrected chi connectivity index (χ1v) is 11.0. The van der Waals surface area contributed by atoms with E-state index in [2.05, 4.69) is 15.7 Å². The number of hydrogen-bond donors (Lipinski definition) is 2. The van der Waals surface area contributed by atoms with Gasteiger partial charge in [-0.05, 0) is 31.2 Å². The highest BCUT2D eigenvalue weighted by Crippen LogP contribution is 2.25. The van der Waals surface area contributed by atoms with Crippen LogP contribution < -0.4 is 15.8 Å². The molecule has 0 bridgehead atoms. The fourth-order valence-corrected chi connectivity index (χ4v) is 3.82. The third-order valence-electron chi connectivity index (χ3n) is 4.85. The summed E-state index contributed by atoms with van der Waals surface area (Å²) in [5.41, 5.74) is 5.95. The second kappa shape index (κ2) is 9.61. The number of esters is 1. The lowest BCUT2D eigenvalue weighted by atomic mass is 10.1. The van der Waals surface area contributed by atoms with E-state index in [4.69, 9.17) is 4.74 Å². The number of aromatic nitrogens is 1. The van der Waals surface area contributed by atoms with Crippen LogP contribution in [0.25, 0.3) is 11.3 Å². The molecule has 3 aromatic rings. The number of hydrazine groups is 1. The Morgan fingerprint density at radius 2 is 1.82 bits per heavy atom. The van der Waals surface area contributed by atoms with Gasteiger partial charge in [-0.25, -0.2) is 14.8 Å². The predicted octanol–water partition coefficient (Wildman–Crippen LogP) is 3.07. The minimum absolute atomic E-state index is 0.121. The molecule has 2 N–H and O–H groups in total. The van der Waals surface area contributed by atoms with Gasteiger partial charge in [0.25, 0.3) is 5.91 Å². The van der Waals surface area contributed by atoms with Crippen molar-refractivity contribution in [3.05, 3.63) is 65.0 Å². The number of amides is 3. The number of nitrogens with zero attached hydrogens (tertiary/aromatic N) is 2. The number of benzene rings is 2. The summed E-state index contributed by atoms with van der Waals surface area (Å²) in [4.78, 5) is 52.3. The lowest BCUT2D eigenvalue weighted by molar-refractivity contribution is -0.130. The van der Waals surface area contributed by atoms with Crippen LogP contribution in [0.4, 0.5) is 10.8 Å². The first-order valence-electron chi connectivity index (χ1n) is 10.1. The van der Waals surface area contributed by atoms with Gasteiger partial charge >= 0.3 is 5.97 Å². The molecule has 168 valence electrons. The van der Waals surface area contributed by atoms with Crippen LogP contribution in [0, 0.1) is 6.92 Å². The Bertz CT molecular complexity index is 1200. The van der Waals surface area contributed by atoms with Crippen LogP contribution in [-0.4, -0.2) is 35.3 Å². The van der Waals surface area contributed by atoms with Crippen LogP contribution in [0.1, 0.15) is 28.8 Å². The van der Waals surface area contributed by atoms with Crippen molar-refractivity contribution in [1.29, 1.82) is 0 Å². The summed E-state index contributed by atoms with van der Waals surface area (Å²) in [7, 11) is 0. The molecule has 1 saturated heterocycles. The van der Waals surface area contributed by atoms with Crippen LogP contribution >= 0.6 is 11.3 Å². The molecule has 10 heteroatoms. The van der Waals surface area contributed by atoms with Gasteiger partial charge in [0, 0.05) is 23.8 Å². The SMILES string of the molecule is Cc1ccc(-c2csc(NC(=O)COC(=O)c3ccc(N4NC(=O)CCC4=O)cc3)n2)cc1. The van der Waals surface area contributed by atoms with Crippen molar-refractivity contribution in [2.45, 2.75) is 19.8 Å². The molecular weight excluding hydrogens is 444 g/mol. The summed E-state index contributed by atoms with van der Waals surface area (Å²) >= 11 is 1.28. The van der Waals surface area contributed by atoms with Crippen LogP contribution in [0.3, 0.4) is 0 Å². The van der Waals surface area contributed by atoms with Crippen LogP contribution in [0.15, 0.2) is 53.9 Å². The van der Waals surface area contributed by atoms with Crippen LogP contribution in [0.5, 0.6) is 0 Å². The number of rotatable bonds is 6. The number of carbonyl (C=O) groups is 4.